The summed E-state index contributed by atoms with van der Waals surface area (Å²) in [6.07, 6.45) is 1.35. The van der Waals surface area contributed by atoms with E-state index in [1.807, 2.05) is 0 Å². The zero-order chi connectivity index (χ0) is 14.0. The van der Waals surface area contributed by atoms with Crippen LogP contribution in [0.5, 0.6) is 0 Å². The molecule has 7 heteroatoms. The molecule has 0 fully saturated rings. The molecule has 0 aliphatic heterocycles. The Labute approximate surface area is 108 Å². The van der Waals surface area contributed by atoms with E-state index in [1.54, 1.807) is 6.92 Å². The van der Waals surface area contributed by atoms with Gasteiger partial charge in [0.05, 0.1) is 17.6 Å². The van der Waals surface area contributed by atoms with Crippen molar-refractivity contribution in [3.63, 3.8) is 0 Å². The number of carbonyl (C=O) groups is 1. The van der Waals surface area contributed by atoms with Crippen LogP contribution in [0.15, 0.2) is 24.4 Å². The molecule has 19 heavy (non-hydrogen) atoms. The fourth-order valence-electron chi connectivity index (χ4n) is 1.66. The second-order valence-corrected chi connectivity index (χ2v) is 3.84. The zero-order valence-corrected chi connectivity index (χ0v) is 10.2. The second-order valence-electron chi connectivity index (χ2n) is 3.84. The van der Waals surface area contributed by atoms with Crippen LogP contribution in [0, 0.1) is 11.6 Å². The number of halogens is 2. The number of nitrogens with zero attached hydrogens (tertiary/aromatic N) is 2. The topological polar surface area (TPSA) is 72.9 Å². The monoisotopic (exact) mass is 266 g/mol. The van der Waals surface area contributed by atoms with Crippen LogP contribution in [0.1, 0.15) is 17.4 Å². The van der Waals surface area contributed by atoms with E-state index >= 15 is 0 Å². The van der Waals surface area contributed by atoms with Crippen molar-refractivity contribution in [1.82, 2.24) is 9.78 Å². The molecule has 0 unspecified atom stereocenters. The Balaban J connectivity index is 2.28. The van der Waals surface area contributed by atoms with Crippen LogP contribution >= 0.6 is 0 Å². The number of nitrogen functional groups attached to an aromatic ring is 1. The van der Waals surface area contributed by atoms with Gasteiger partial charge in [0.1, 0.15) is 17.3 Å². The molecule has 0 saturated heterocycles. The Morgan fingerprint density at radius 2 is 2.21 bits per heavy atom. The van der Waals surface area contributed by atoms with E-state index in [1.165, 1.54) is 10.9 Å². The minimum Gasteiger partial charge on any atom is -0.396 e. The molecular weight excluding hydrogens is 254 g/mol. The lowest BCUT2D eigenvalue weighted by Gasteiger charge is -2.08. The van der Waals surface area contributed by atoms with Gasteiger partial charge < -0.3 is 11.1 Å². The quantitative estimate of drug-likeness (QED) is 0.892. The number of carbonyl (C=O) groups excluding carboxylic acids is 1. The van der Waals surface area contributed by atoms with Crippen molar-refractivity contribution in [3.05, 3.63) is 41.7 Å². The number of aryl methyl sites for hydroxylation is 1. The van der Waals surface area contributed by atoms with Gasteiger partial charge in [-0.15, -0.1) is 0 Å². The van der Waals surface area contributed by atoms with E-state index in [0.29, 0.717) is 12.6 Å². The van der Waals surface area contributed by atoms with Gasteiger partial charge in [-0.3, -0.25) is 9.48 Å². The van der Waals surface area contributed by atoms with Crippen LogP contribution in [0.25, 0.3) is 0 Å². The Morgan fingerprint density at radius 1 is 1.47 bits per heavy atom. The summed E-state index contributed by atoms with van der Waals surface area (Å²) in [7, 11) is 0. The van der Waals surface area contributed by atoms with Gasteiger partial charge in [-0.05, 0) is 19.1 Å². The maximum Gasteiger partial charge on any atom is 0.276 e. The molecule has 1 heterocycles. The first kappa shape index (κ1) is 13.0. The van der Waals surface area contributed by atoms with Gasteiger partial charge in [0, 0.05) is 12.6 Å². The maximum absolute atomic E-state index is 13.4. The van der Waals surface area contributed by atoms with Gasteiger partial charge in [0.15, 0.2) is 0 Å². The molecule has 0 bridgehead atoms. The number of aromatic nitrogens is 2. The molecular formula is C12H12F2N4O. The predicted octanol–water partition coefficient (Wildman–Crippen LogP) is 2.02. The standard InChI is InChI=1S/C12H12F2N4O/c1-2-18-11(9(15)6-16-18)12(19)17-10-4-3-7(13)5-8(10)14/h3-6H,2,15H2,1H3,(H,17,19). The molecule has 0 aliphatic rings. The van der Waals surface area contributed by atoms with Crippen molar-refractivity contribution < 1.29 is 13.6 Å². The van der Waals surface area contributed by atoms with Gasteiger partial charge >= 0.3 is 0 Å². The van der Waals surface area contributed by atoms with Crippen LogP contribution in [-0.4, -0.2) is 15.7 Å². The summed E-state index contributed by atoms with van der Waals surface area (Å²) in [5.41, 5.74) is 5.86. The first-order valence-corrected chi connectivity index (χ1v) is 5.60. The molecule has 1 aromatic heterocycles. The van der Waals surface area contributed by atoms with E-state index in [9.17, 15) is 13.6 Å². The Bertz CT molecular complexity index is 624. The third-order valence-electron chi connectivity index (χ3n) is 2.56. The molecule has 0 spiro atoms. The third kappa shape index (κ3) is 2.54. The number of hydrogen-bond acceptors (Lipinski definition) is 3. The third-order valence-corrected chi connectivity index (χ3v) is 2.56. The number of amides is 1. The number of rotatable bonds is 3. The Kier molecular flexibility index (Phi) is 3.46. The highest BCUT2D eigenvalue weighted by Gasteiger charge is 2.17. The van der Waals surface area contributed by atoms with Crippen molar-refractivity contribution in [1.29, 1.82) is 0 Å². The van der Waals surface area contributed by atoms with E-state index in [0.717, 1.165) is 12.1 Å². The van der Waals surface area contributed by atoms with E-state index in [2.05, 4.69) is 10.4 Å². The predicted molar refractivity (Wildman–Crippen MR) is 66.6 cm³/mol. The van der Waals surface area contributed by atoms with Gasteiger partial charge in [-0.2, -0.15) is 5.10 Å². The normalized spacial score (nSPS) is 10.5. The van der Waals surface area contributed by atoms with Crippen molar-refractivity contribution in [2.75, 3.05) is 11.1 Å². The van der Waals surface area contributed by atoms with Crippen LogP contribution < -0.4 is 11.1 Å². The summed E-state index contributed by atoms with van der Waals surface area (Å²) in [6.45, 7) is 2.24. The molecule has 0 atom stereocenters. The largest absolute Gasteiger partial charge is 0.396 e. The number of anilines is 2. The highest BCUT2D eigenvalue weighted by molar-refractivity contribution is 6.06. The lowest BCUT2D eigenvalue weighted by Crippen LogP contribution is -2.19. The SMILES string of the molecule is CCn1ncc(N)c1C(=O)Nc1ccc(F)cc1F. The number of benzene rings is 1. The second kappa shape index (κ2) is 5.05. The molecule has 5 nitrogen and oxygen atoms in total. The van der Waals surface area contributed by atoms with Gasteiger partial charge in [0.2, 0.25) is 0 Å². The summed E-state index contributed by atoms with van der Waals surface area (Å²) in [5, 5.41) is 6.24. The highest BCUT2D eigenvalue weighted by atomic mass is 19.1. The summed E-state index contributed by atoms with van der Waals surface area (Å²) >= 11 is 0. The molecule has 1 amide bonds. The number of nitrogens with one attached hydrogen (secondary N) is 1. The van der Waals surface area contributed by atoms with Crippen molar-refractivity contribution in [2.45, 2.75) is 13.5 Å². The molecule has 3 N–H and O–H groups in total. The van der Waals surface area contributed by atoms with Gasteiger partial charge in [-0.25, -0.2) is 8.78 Å². The zero-order valence-electron chi connectivity index (χ0n) is 10.2. The molecule has 2 rings (SSSR count). The van der Waals surface area contributed by atoms with Crippen LogP contribution in [0.4, 0.5) is 20.2 Å². The summed E-state index contributed by atoms with van der Waals surface area (Å²) in [4.78, 5) is 12.0. The minimum atomic E-state index is -0.852. The maximum atomic E-state index is 13.4. The molecule has 0 saturated carbocycles. The average Bonchev–Trinajstić information content (AvgIpc) is 2.74. The van der Waals surface area contributed by atoms with Crippen LogP contribution in [0.3, 0.4) is 0 Å². The van der Waals surface area contributed by atoms with Gasteiger partial charge in [-0.1, -0.05) is 0 Å². The Hall–Kier alpha value is -2.44. The number of nitrogens with two attached hydrogens (primary N) is 1. The van der Waals surface area contributed by atoms with Crippen molar-refractivity contribution in [3.8, 4) is 0 Å². The highest BCUT2D eigenvalue weighted by Crippen LogP contribution is 2.18. The Morgan fingerprint density at radius 3 is 2.84 bits per heavy atom. The minimum absolute atomic E-state index is 0.116. The molecule has 0 radical (unpaired) electrons. The summed E-state index contributed by atoms with van der Waals surface area (Å²) in [6, 6.07) is 2.89. The lowest BCUT2D eigenvalue weighted by atomic mass is 10.2. The lowest BCUT2D eigenvalue weighted by molar-refractivity contribution is 0.101. The summed E-state index contributed by atoms with van der Waals surface area (Å²) < 4.78 is 27.6. The number of hydrogen-bond donors (Lipinski definition) is 2. The smallest absolute Gasteiger partial charge is 0.276 e. The van der Waals surface area contributed by atoms with Crippen molar-refractivity contribution >= 4 is 17.3 Å². The van der Waals surface area contributed by atoms with Crippen molar-refractivity contribution in [2.24, 2.45) is 0 Å². The van der Waals surface area contributed by atoms with Crippen LogP contribution in [0.2, 0.25) is 0 Å². The first-order chi connectivity index (χ1) is 9.02. The van der Waals surface area contributed by atoms with E-state index < -0.39 is 17.5 Å². The fraction of sp³-hybridized carbons (Fsp3) is 0.167. The molecule has 2 aromatic rings. The molecule has 0 aliphatic carbocycles. The first-order valence-electron chi connectivity index (χ1n) is 5.60. The fourth-order valence-corrected chi connectivity index (χ4v) is 1.66. The van der Waals surface area contributed by atoms with E-state index in [-0.39, 0.29) is 17.1 Å². The molecule has 100 valence electrons. The van der Waals surface area contributed by atoms with E-state index in [4.69, 9.17) is 5.73 Å². The summed E-state index contributed by atoms with van der Waals surface area (Å²) in [5.74, 6) is -2.16. The van der Waals surface area contributed by atoms with Crippen LogP contribution in [-0.2, 0) is 6.54 Å². The van der Waals surface area contributed by atoms with Gasteiger partial charge in [0.25, 0.3) is 5.91 Å². The molecule has 1 aromatic carbocycles. The average molecular weight is 266 g/mol.